The van der Waals surface area contributed by atoms with E-state index < -0.39 is 13.0 Å². The Morgan fingerprint density at radius 2 is 1.69 bits per heavy atom. The summed E-state index contributed by atoms with van der Waals surface area (Å²) in [6.07, 6.45) is 1.86. The number of urea groups is 1. The summed E-state index contributed by atoms with van der Waals surface area (Å²) in [4.78, 5) is 34.5. The van der Waals surface area contributed by atoms with Crippen LogP contribution >= 0.6 is 0 Å². The number of alkyl halides is 2. The normalized spacial score (nSPS) is 31.5. The van der Waals surface area contributed by atoms with Gasteiger partial charge >= 0.3 is 6.03 Å². The van der Waals surface area contributed by atoms with Gasteiger partial charge in [-0.2, -0.15) is 0 Å². The number of carbonyl (C=O) groups excluding carboxylic acids is 2. The molecule has 1 spiro atoms. The number of amides is 3. The van der Waals surface area contributed by atoms with Gasteiger partial charge in [-0.3, -0.25) is 9.69 Å². The van der Waals surface area contributed by atoms with Crippen molar-refractivity contribution in [3.8, 4) is 0 Å². The van der Waals surface area contributed by atoms with Gasteiger partial charge in [-0.25, -0.2) is 13.6 Å². The van der Waals surface area contributed by atoms with Crippen LogP contribution in [0.3, 0.4) is 0 Å². The van der Waals surface area contributed by atoms with Gasteiger partial charge in [-0.05, 0) is 56.4 Å². The molecule has 1 aromatic rings. The summed E-state index contributed by atoms with van der Waals surface area (Å²) < 4.78 is 26.6. The van der Waals surface area contributed by atoms with Gasteiger partial charge in [0.1, 0.15) is 0 Å². The second kappa shape index (κ2) is 10.6. The zero-order valence-corrected chi connectivity index (χ0v) is 24.3. The van der Waals surface area contributed by atoms with Crippen LogP contribution in [0.25, 0.3) is 0 Å². The molecule has 0 N–H and O–H groups in total. The minimum atomic E-state index is -2.52. The molecule has 0 radical (unpaired) electrons. The molecule has 4 atom stereocenters. The molecule has 0 aromatic heterocycles. The van der Waals surface area contributed by atoms with Gasteiger partial charge in [0.2, 0.25) is 5.91 Å². The van der Waals surface area contributed by atoms with Gasteiger partial charge in [0.15, 0.2) is 0 Å². The number of nitrogens with zero attached hydrogens (tertiary/aromatic N) is 4. The molecular weight excluding hydrogens is 498 g/mol. The van der Waals surface area contributed by atoms with Crippen molar-refractivity contribution in [1.29, 1.82) is 0 Å². The predicted octanol–water partition coefficient (Wildman–Crippen LogP) is 5.44. The third-order valence-corrected chi connectivity index (χ3v) is 9.50. The van der Waals surface area contributed by atoms with Crippen molar-refractivity contribution in [2.75, 3.05) is 32.7 Å². The molecule has 4 aliphatic heterocycles. The zero-order valence-electron chi connectivity index (χ0n) is 24.3. The molecular formula is C31H46F2N4O2. The minimum absolute atomic E-state index is 0.0224. The summed E-state index contributed by atoms with van der Waals surface area (Å²) in [7, 11) is 0. The fraction of sp³-hybridized carbons (Fsp3) is 0.742. The summed E-state index contributed by atoms with van der Waals surface area (Å²) in [6, 6.07) is 11.0. The van der Waals surface area contributed by atoms with Crippen molar-refractivity contribution in [3.63, 3.8) is 0 Å². The lowest BCUT2D eigenvalue weighted by atomic mass is 9.80. The molecule has 6 nitrogen and oxygen atoms in total. The summed E-state index contributed by atoms with van der Waals surface area (Å²) in [5.41, 5.74) is 0.882. The maximum atomic E-state index is 13.3. The van der Waals surface area contributed by atoms with Crippen LogP contribution in [0, 0.1) is 11.3 Å². The second-order valence-corrected chi connectivity index (χ2v) is 14.0. The molecule has 4 saturated heterocycles. The van der Waals surface area contributed by atoms with Gasteiger partial charge in [0.05, 0.1) is 12.1 Å². The van der Waals surface area contributed by atoms with Crippen molar-refractivity contribution in [2.24, 2.45) is 11.3 Å². The van der Waals surface area contributed by atoms with E-state index in [9.17, 15) is 18.4 Å². The number of likely N-dealkylation sites (tertiary alicyclic amines) is 1. The fourth-order valence-electron chi connectivity index (χ4n) is 8.14. The molecule has 2 bridgehead atoms. The Morgan fingerprint density at radius 1 is 1.05 bits per heavy atom. The number of rotatable bonds is 7. The van der Waals surface area contributed by atoms with Crippen LogP contribution in [0.2, 0.25) is 0 Å². The van der Waals surface area contributed by atoms with E-state index in [2.05, 4.69) is 54.8 Å². The molecule has 4 fully saturated rings. The molecule has 3 amide bonds. The van der Waals surface area contributed by atoms with E-state index in [1.54, 1.807) is 0 Å². The number of benzene rings is 1. The molecule has 8 heteroatoms. The number of hydrogen-bond donors (Lipinski definition) is 0. The molecule has 5 rings (SSSR count). The first kappa shape index (κ1) is 28.3. The lowest BCUT2D eigenvalue weighted by Crippen LogP contribution is -2.60. The first-order chi connectivity index (χ1) is 18.4. The average Bonchev–Trinajstić information content (AvgIpc) is 3.44. The highest BCUT2D eigenvalue weighted by atomic mass is 19.3. The third-order valence-electron chi connectivity index (χ3n) is 9.50. The Hall–Kier alpha value is -2.22. The third kappa shape index (κ3) is 5.68. The van der Waals surface area contributed by atoms with E-state index in [0.29, 0.717) is 36.9 Å². The van der Waals surface area contributed by atoms with Gasteiger partial charge in [0, 0.05) is 56.6 Å². The van der Waals surface area contributed by atoms with Crippen molar-refractivity contribution < 1.29 is 18.4 Å². The summed E-state index contributed by atoms with van der Waals surface area (Å²) in [5.74, 6) is 0.880. The molecule has 0 saturated carbocycles. The van der Waals surface area contributed by atoms with E-state index in [1.165, 1.54) is 10.5 Å². The summed E-state index contributed by atoms with van der Waals surface area (Å²) in [6.45, 7) is 12.7. The monoisotopic (exact) mass is 544 g/mol. The molecule has 0 aliphatic carbocycles. The molecule has 216 valence electrons. The Bertz CT molecular complexity index is 1030. The minimum Gasteiger partial charge on any atom is -0.342 e. The van der Waals surface area contributed by atoms with Crippen molar-refractivity contribution >= 4 is 11.9 Å². The van der Waals surface area contributed by atoms with Crippen molar-refractivity contribution in [3.05, 3.63) is 35.9 Å². The molecule has 1 aromatic carbocycles. The fourth-order valence-corrected chi connectivity index (χ4v) is 8.14. The largest absolute Gasteiger partial charge is 0.342 e. The zero-order chi connectivity index (χ0) is 28.1. The lowest BCUT2D eigenvalue weighted by Gasteiger charge is -2.50. The molecule has 39 heavy (non-hydrogen) atoms. The van der Waals surface area contributed by atoms with Gasteiger partial charge < -0.3 is 14.7 Å². The maximum absolute atomic E-state index is 13.3. The van der Waals surface area contributed by atoms with Crippen molar-refractivity contribution in [2.45, 2.75) is 103 Å². The lowest BCUT2D eigenvalue weighted by molar-refractivity contribution is -0.132. The number of piperidine rings is 1. The number of carbonyl (C=O) groups is 2. The van der Waals surface area contributed by atoms with E-state index in [4.69, 9.17) is 0 Å². The van der Waals surface area contributed by atoms with E-state index in [0.717, 1.165) is 45.3 Å². The topological polar surface area (TPSA) is 47.1 Å². The van der Waals surface area contributed by atoms with Crippen LogP contribution in [-0.4, -0.2) is 94.4 Å². The number of hydrogen-bond acceptors (Lipinski definition) is 3. The first-order valence-electron chi connectivity index (χ1n) is 14.8. The SMILES string of the molecule is CC(C)N1C(=O)N(CC(F)F)CC12CC1CCC(C2)N1C[C@H]1CN(C(=O)CC(C)(C)C)C[C@@H]1c1ccccc1. The predicted molar refractivity (Wildman–Crippen MR) is 149 cm³/mol. The Balaban J connectivity index is 1.34. The first-order valence-corrected chi connectivity index (χ1v) is 14.8. The van der Waals surface area contributed by atoms with Crippen molar-refractivity contribution in [1.82, 2.24) is 19.6 Å². The van der Waals surface area contributed by atoms with E-state index in [-0.39, 0.29) is 28.9 Å². The van der Waals surface area contributed by atoms with Gasteiger partial charge in [0.25, 0.3) is 6.43 Å². The summed E-state index contributed by atoms with van der Waals surface area (Å²) >= 11 is 0. The van der Waals surface area contributed by atoms with Crippen LogP contribution in [-0.2, 0) is 4.79 Å². The number of fused-ring (bicyclic) bond motifs is 2. The molecule has 4 heterocycles. The second-order valence-electron chi connectivity index (χ2n) is 14.0. The van der Waals surface area contributed by atoms with E-state index >= 15 is 0 Å². The van der Waals surface area contributed by atoms with Crippen LogP contribution in [0.1, 0.15) is 78.2 Å². The van der Waals surface area contributed by atoms with Gasteiger partial charge in [-0.1, -0.05) is 51.1 Å². The standard InChI is InChI=1S/C31H46F2N4O2/c1-21(2)37-29(39)35(19-27(32)33)20-31(37)13-24-11-12-25(14-31)36(24)17-23-16-34(28(38)15-30(3,4)5)18-26(23)22-9-7-6-8-10-22/h6-10,21,23-27H,11-20H2,1-5H3/t23-,24?,25?,26-,31?/m1/s1. The van der Waals surface area contributed by atoms with E-state index in [1.807, 2.05) is 24.8 Å². The van der Waals surface area contributed by atoms with Crippen LogP contribution in [0.5, 0.6) is 0 Å². The van der Waals surface area contributed by atoms with Crippen LogP contribution in [0.15, 0.2) is 30.3 Å². The Morgan fingerprint density at radius 3 is 2.26 bits per heavy atom. The average molecular weight is 545 g/mol. The maximum Gasteiger partial charge on any atom is 0.321 e. The Labute approximate surface area is 232 Å². The summed E-state index contributed by atoms with van der Waals surface area (Å²) in [5, 5.41) is 0. The van der Waals surface area contributed by atoms with Crippen LogP contribution in [0.4, 0.5) is 13.6 Å². The highest BCUT2D eigenvalue weighted by Crippen LogP contribution is 2.48. The quantitative estimate of drug-likeness (QED) is 0.459. The smallest absolute Gasteiger partial charge is 0.321 e. The highest BCUT2D eigenvalue weighted by Gasteiger charge is 2.58. The molecule has 2 unspecified atom stereocenters. The highest BCUT2D eigenvalue weighted by molar-refractivity contribution is 5.79. The van der Waals surface area contributed by atoms with Crippen LogP contribution < -0.4 is 0 Å². The van der Waals surface area contributed by atoms with Gasteiger partial charge in [-0.15, -0.1) is 0 Å². The Kier molecular flexibility index (Phi) is 7.72. The number of halogens is 2. The molecule has 4 aliphatic rings.